The van der Waals surface area contributed by atoms with E-state index in [-0.39, 0.29) is 5.91 Å². The number of hydrogen-bond donors (Lipinski definition) is 1. The Morgan fingerprint density at radius 2 is 2.00 bits per heavy atom. The maximum atomic E-state index is 11.5. The molecule has 0 bridgehead atoms. The average molecular weight is 285 g/mol. The van der Waals surface area contributed by atoms with Gasteiger partial charge in [-0.15, -0.1) is 0 Å². The van der Waals surface area contributed by atoms with Gasteiger partial charge in [0.1, 0.15) is 5.75 Å². The number of halogens is 1. The van der Waals surface area contributed by atoms with Crippen LogP contribution in [0.15, 0.2) is 24.3 Å². The lowest BCUT2D eigenvalue weighted by Gasteiger charge is -2.10. The van der Waals surface area contributed by atoms with Gasteiger partial charge in [0.2, 0.25) is 5.91 Å². The van der Waals surface area contributed by atoms with Gasteiger partial charge in [-0.05, 0) is 44.8 Å². The van der Waals surface area contributed by atoms with Gasteiger partial charge in [0.25, 0.3) is 0 Å². The number of amides is 1. The van der Waals surface area contributed by atoms with Crippen molar-refractivity contribution in [3.05, 3.63) is 29.3 Å². The molecule has 0 unspecified atom stereocenters. The number of hydrogen-bond acceptors (Lipinski definition) is 3. The molecule has 0 spiro atoms. The normalized spacial score (nSPS) is 10.5. The summed E-state index contributed by atoms with van der Waals surface area (Å²) in [7, 11) is 3.96. The van der Waals surface area contributed by atoms with Gasteiger partial charge in [-0.3, -0.25) is 4.79 Å². The van der Waals surface area contributed by atoms with Crippen LogP contribution in [0.4, 0.5) is 0 Å². The van der Waals surface area contributed by atoms with Crippen LogP contribution in [0.1, 0.15) is 12.8 Å². The summed E-state index contributed by atoms with van der Waals surface area (Å²) in [6, 6.07) is 7.20. The molecule has 1 N–H and O–H groups in total. The van der Waals surface area contributed by atoms with Crippen LogP contribution in [0, 0.1) is 0 Å². The molecule has 0 saturated heterocycles. The molecule has 0 aromatic heterocycles. The first-order chi connectivity index (χ1) is 9.08. The number of likely N-dealkylation sites (N-methyl/N-ethyl adjacent to an activating group) is 1. The van der Waals surface area contributed by atoms with Crippen LogP contribution in [0.5, 0.6) is 5.75 Å². The van der Waals surface area contributed by atoms with E-state index in [2.05, 4.69) is 5.32 Å². The quantitative estimate of drug-likeness (QED) is 0.744. The lowest BCUT2D eigenvalue weighted by atomic mass is 10.3. The Morgan fingerprint density at radius 3 is 2.63 bits per heavy atom. The Bertz CT molecular complexity index is 380. The number of ether oxygens (including phenoxy) is 1. The predicted octanol–water partition coefficient (Wildman–Crippen LogP) is 2.18. The minimum Gasteiger partial charge on any atom is -0.494 e. The highest BCUT2D eigenvalue weighted by atomic mass is 35.5. The van der Waals surface area contributed by atoms with Gasteiger partial charge >= 0.3 is 0 Å². The molecule has 0 heterocycles. The van der Waals surface area contributed by atoms with E-state index in [1.165, 1.54) is 0 Å². The van der Waals surface area contributed by atoms with E-state index < -0.39 is 0 Å². The van der Waals surface area contributed by atoms with Crippen LogP contribution in [0.25, 0.3) is 0 Å². The van der Waals surface area contributed by atoms with Gasteiger partial charge in [-0.1, -0.05) is 11.6 Å². The summed E-state index contributed by atoms with van der Waals surface area (Å²) in [6.45, 7) is 2.07. The minimum atomic E-state index is 0.0709. The minimum absolute atomic E-state index is 0.0709. The van der Waals surface area contributed by atoms with Crippen LogP contribution >= 0.6 is 11.6 Å². The molecule has 1 aromatic rings. The summed E-state index contributed by atoms with van der Waals surface area (Å²) in [5, 5.41) is 3.55. The molecular formula is C14H21ClN2O2. The van der Waals surface area contributed by atoms with Crippen molar-refractivity contribution in [3.63, 3.8) is 0 Å². The van der Waals surface area contributed by atoms with Gasteiger partial charge < -0.3 is 15.0 Å². The van der Waals surface area contributed by atoms with Gasteiger partial charge in [-0.25, -0.2) is 0 Å². The van der Waals surface area contributed by atoms with E-state index in [9.17, 15) is 4.79 Å². The molecule has 0 atom stereocenters. The summed E-state index contributed by atoms with van der Waals surface area (Å²) in [5.74, 6) is 0.846. The molecule has 0 fully saturated rings. The maximum absolute atomic E-state index is 11.5. The lowest BCUT2D eigenvalue weighted by molar-refractivity contribution is -0.121. The number of carbonyl (C=O) groups is 1. The molecule has 0 radical (unpaired) electrons. The molecule has 0 aliphatic heterocycles. The molecule has 0 saturated carbocycles. The zero-order valence-corrected chi connectivity index (χ0v) is 12.2. The first-order valence-corrected chi connectivity index (χ1v) is 6.75. The summed E-state index contributed by atoms with van der Waals surface area (Å²) < 4.78 is 5.51. The molecule has 19 heavy (non-hydrogen) atoms. The van der Waals surface area contributed by atoms with Crippen molar-refractivity contribution in [3.8, 4) is 5.75 Å². The SMILES string of the molecule is CN(C)CCNC(=O)CCCOc1ccc(Cl)cc1. The summed E-state index contributed by atoms with van der Waals surface area (Å²) in [5.41, 5.74) is 0. The highest BCUT2D eigenvalue weighted by Gasteiger charge is 2.01. The molecule has 106 valence electrons. The number of nitrogens with zero attached hydrogens (tertiary/aromatic N) is 1. The summed E-state index contributed by atoms with van der Waals surface area (Å²) in [6.07, 6.45) is 1.19. The Kier molecular flexibility index (Phi) is 7.30. The standard InChI is InChI=1S/C14H21ClN2O2/c1-17(2)10-9-16-14(18)4-3-11-19-13-7-5-12(15)6-8-13/h5-8H,3-4,9-11H2,1-2H3,(H,16,18). The van der Waals surface area contributed by atoms with E-state index in [1.54, 1.807) is 12.1 Å². The average Bonchev–Trinajstić information content (AvgIpc) is 2.36. The third kappa shape index (κ3) is 7.70. The van der Waals surface area contributed by atoms with E-state index in [0.717, 1.165) is 12.3 Å². The fourth-order valence-corrected chi connectivity index (χ4v) is 1.59. The summed E-state index contributed by atoms with van der Waals surface area (Å²) in [4.78, 5) is 13.5. The number of carbonyl (C=O) groups excluding carboxylic acids is 1. The van der Waals surface area contributed by atoms with Crippen LogP contribution in [-0.4, -0.2) is 44.6 Å². The van der Waals surface area contributed by atoms with Crippen LogP contribution in [-0.2, 0) is 4.79 Å². The lowest BCUT2D eigenvalue weighted by Crippen LogP contribution is -2.31. The van der Waals surface area contributed by atoms with Gasteiger partial charge in [0, 0.05) is 24.5 Å². The Balaban J connectivity index is 2.07. The van der Waals surface area contributed by atoms with E-state index in [4.69, 9.17) is 16.3 Å². The van der Waals surface area contributed by atoms with Crippen molar-refractivity contribution in [2.75, 3.05) is 33.8 Å². The first kappa shape index (κ1) is 15.8. The molecule has 5 heteroatoms. The Labute approximate surface area is 119 Å². The van der Waals surface area contributed by atoms with Crippen molar-refractivity contribution in [1.82, 2.24) is 10.2 Å². The maximum Gasteiger partial charge on any atom is 0.220 e. The van der Waals surface area contributed by atoms with Crippen molar-refractivity contribution in [2.45, 2.75) is 12.8 Å². The van der Waals surface area contributed by atoms with Crippen molar-refractivity contribution >= 4 is 17.5 Å². The predicted molar refractivity (Wildman–Crippen MR) is 77.7 cm³/mol. The molecule has 1 amide bonds. The van der Waals surface area contributed by atoms with E-state index in [0.29, 0.717) is 31.0 Å². The van der Waals surface area contributed by atoms with Gasteiger partial charge in [0.05, 0.1) is 6.61 Å². The fraction of sp³-hybridized carbons (Fsp3) is 0.500. The van der Waals surface area contributed by atoms with Gasteiger partial charge in [-0.2, -0.15) is 0 Å². The van der Waals surface area contributed by atoms with Crippen LogP contribution < -0.4 is 10.1 Å². The largest absolute Gasteiger partial charge is 0.494 e. The molecule has 4 nitrogen and oxygen atoms in total. The van der Waals surface area contributed by atoms with Crippen LogP contribution in [0.3, 0.4) is 0 Å². The number of rotatable bonds is 8. The monoisotopic (exact) mass is 284 g/mol. The number of benzene rings is 1. The summed E-state index contributed by atoms with van der Waals surface area (Å²) >= 11 is 5.77. The second-order valence-corrected chi connectivity index (χ2v) is 5.00. The van der Waals surface area contributed by atoms with Crippen LogP contribution in [0.2, 0.25) is 5.02 Å². The second-order valence-electron chi connectivity index (χ2n) is 4.56. The third-order valence-corrected chi connectivity index (χ3v) is 2.76. The fourth-order valence-electron chi connectivity index (χ4n) is 1.46. The molecular weight excluding hydrogens is 264 g/mol. The third-order valence-electron chi connectivity index (χ3n) is 2.51. The molecule has 1 rings (SSSR count). The van der Waals surface area contributed by atoms with Crippen molar-refractivity contribution < 1.29 is 9.53 Å². The number of nitrogens with one attached hydrogen (secondary N) is 1. The second kappa shape index (κ2) is 8.77. The zero-order valence-electron chi connectivity index (χ0n) is 11.5. The Morgan fingerprint density at radius 1 is 1.32 bits per heavy atom. The van der Waals surface area contributed by atoms with Gasteiger partial charge in [0.15, 0.2) is 0 Å². The van der Waals surface area contributed by atoms with Crippen molar-refractivity contribution in [1.29, 1.82) is 0 Å². The zero-order chi connectivity index (χ0) is 14.1. The van der Waals surface area contributed by atoms with E-state index >= 15 is 0 Å². The first-order valence-electron chi connectivity index (χ1n) is 6.38. The van der Waals surface area contributed by atoms with Crippen molar-refractivity contribution in [2.24, 2.45) is 0 Å². The smallest absolute Gasteiger partial charge is 0.220 e. The topological polar surface area (TPSA) is 41.6 Å². The molecule has 0 aliphatic carbocycles. The highest BCUT2D eigenvalue weighted by molar-refractivity contribution is 6.30. The molecule has 1 aromatic carbocycles. The molecule has 0 aliphatic rings. The Hall–Kier alpha value is -1.26. The highest BCUT2D eigenvalue weighted by Crippen LogP contribution is 2.15. The van der Waals surface area contributed by atoms with E-state index in [1.807, 2.05) is 31.1 Å².